The van der Waals surface area contributed by atoms with Crippen molar-refractivity contribution in [1.82, 2.24) is 9.97 Å². The van der Waals surface area contributed by atoms with Crippen LogP contribution in [0, 0.1) is 0 Å². The van der Waals surface area contributed by atoms with E-state index in [1.807, 2.05) is 18.2 Å². The van der Waals surface area contributed by atoms with Crippen molar-refractivity contribution < 1.29 is 14.3 Å². The summed E-state index contributed by atoms with van der Waals surface area (Å²) in [4.78, 5) is 34.0. The fourth-order valence-corrected chi connectivity index (χ4v) is 4.11. The number of thioether (sulfide) groups is 1. The van der Waals surface area contributed by atoms with Gasteiger partial charge in [0.15, 0.2) is 11.6 Å². The molecule has 9 heteroatoms. The number of nitrogens with one attached hydrogen (secondary N) is 2. The van der Waals surface area contributed by atoms with E-state index >= 15 is 0 Å². The highest BCUT2D eigenvalue weighted by Gasteiger charge is 2.29. The van der Waals surface area contributed by atoms with Crippen LogP contribution in [-0.4, -0.2) is 27.0 Å². The van der Waals surface area contributed by atoms with Crippen molar-refractivity contribution in [1.29, 1.82) is 0 Å². The Morgan fingerprint density at radius 2 is 2.03 bits per heavy atom. The number of ether oxygens (including phenoxy) is 1. The SMILES string of the molecule is O=C(CC1Sc2ccc(Cl)cc2NC1=O)Nc1ncccc1OCc1ccncc1. The van der Waals surface area contributed by atoms with E-state index in [2.05, 4.69) is 20.6 Å². The summed E-state index contributed by atoms with van der Waals surface area (Å²) in [7, 11) is 0. The van der Waals surface area contributed by atoms with Crippen molar-refractivity contribution >= 4 is 46.7 Å². The number of halogens is 1. The maximum atomic E-state index is 12.6. The molecule has 0 saturated carbocycles. The smallest absolute Gasteiger partial charge is 0.238 e. The third-order valence-corrected chi connectivity index (χ3v) is 5.81. The number of carbonyl (C=O) groups excluding carboxylic acids is 2. The Kier molecular flexibility index (Phi) is 6.15. The first-order chi connectivity index (χ1) is 14.6. The second-order valence-electron chi connectivity index (χ2n) is 6.48. The van der Waals surface area contributed by atoms with Crippen molar-refractivity contribution in [2.45, 2.75) is 23.2 Å². The molecule has 152 valence electrons. The number of anilines is 2. The molecule has 4 rings (SSSR count). The van der Waals surface area contributed by atoms with Crippen LogP contribution in [0.3, 0.4) is 0 Å². The number of hydrogen-bond acceptors (Lipinski definition) is 6. The Bertz CT molecular complexity index is 1080. The van der Waals surface area contributed by atoms with Gasteiger partial charge >= 0.3 is 0 Å². The standard InChI is InChI=1S/C21H17ClN4O3S/c22-14-3-4-17-15(10-14)25-21(28)18(30-17)11-19(27)26-20-16(2-1-7-24-20)29-12-13-5-8-23-9-6-13/h1-10,18H,11-12H2,(H,25,28)(H,24,26,27). The number of aromatic nitrogens is 2. The van der Waals surface area contributed by atoms with Gasteiger partial charge in [0, 0.05) is 34.9 Å². The zero-order chi connectivity index (χ0) is 20.9. The Balaban J connectivity index is 1.39. The molecule has 1 unspecified atom stereocenters. The highest BCUT2D eigenvalue weighted by molar-refractivity contribution is 8.01. The topological polar surface area (TPSA) is 93.2 Å². The lowest BCUT2D eigenvalue weighted by molar-refractivity contribution is -0.120. The second-order valence-corrected chi connectivity index (χ2v) is 8.16. The Morgan fingerprint density at radius 1 is 1.20 bits per heavy atom. The zero-order valence-corrected chi connectivity index (χ0v) is 17.2. The van der Waals surface area contributed by atoms with Gasteiger partial charge in [-0.2, -0.15) is 0 Å². The monoisotopic (exact) mass is 440 g/mol. The first kappa shape index (κ1) is 20.2. The van der Waals surface area contributed by atoms with Gasteiger partial charge in [-0.05, 0) is 48.0 Å². The zero-order valence-electron chi connectivity index (χ0n) is 15.7. The van der Waals surface area contributed by atoms with E-state index < -0.39 is 5.25 Å². The molecule has 2 aromatic heterocycles. The number of fused-ring (bicyclic) bond motifs is 1. The van der Waals surface area contributed by atoms with E-state index in [0.717, 1.165) is 10.5 Å². The average Bonchev–Trinajstić information content (AvgIpc) is 2.74. The van der Waals surface area contributed by atoms with Crippen molar-refractivity contribution in [2.24, 2.45) is 0 Å². The summed E-state index contributed by atoms with van der Waals surface area (Å²) in [6, 6.07) is 12.4. The van der Waals surface area contributed by atoms with Crippen LogP contribution in [0.15, 0.2) is 66.0 Å². The molecule has 0 radical (unpaired) electrons. The van der Waals surface area contributed by atoms with Gasteiger partial charge in [0.05, 0.1) is 10.9 Å². The molecule has 1 atom stereocenters. The van der Waals surface area contributed by atoms with E-state index in [1.165, 1.54) is 11.8 Å². The molecular formula is C21H17ClN4O3S. The lowest BCUT2D eigenvalue weighted by Crippen LogP contribution is -2.32. The normalized spacial score (nSPS) is 15.1. The van der Waals surface area contributed by atoms with Gasteiger partial charge in [-0.25, -0.2) is 4.98 Å². The lowest BCUT2D eigenvalue weighted by atomic mass is 10.2. The molecule has 0 spiro atoms. The second kappa shape index (κ2) is 9.15. The number of rotatable bonds is 6. The number of hydrogen-bond donors (Lipinski definition) is 2. The summed E-state index contributed by atoms with van der Waals surface area (Å²) in [5.74, 6) is 0.195. The van der Waals surface area contributed by atoms with Crippen molar-refractivity contribution in [3.8, 4) is 5.75 Å². The van der Waals surface area contributed by atoms with Crippen LogP contribution < -0.4 is 15.4 Å². The number of nitrogens with zero attached hydrogens (tertiary/aromatic N) is 2. The number of benzene rings is 1. The number of amides is 2. The minimum atomic E-state index is -0.552. The quantitative estimate of drug-likeness (QED) is 0.598. The Hall–Kier alpha value is -3.10. The van der Waals surface area contributed by atoms with Gasteiger partial charge in [-0.15, -0.1) is 11.8 Å². The minimum Gasteiger partial charge on any atom is -0.485 e. The summed E-state index contributed by atoms with van der Waals surface area (Å²) in [6.45, 7) is 0.317. The van der Waals surface area contributed by atoms with Crippen molar-refractivity contribution in [3.05, 3.63) is 71.6 Å². The molecule has 1 aliphatic heterocycles. The molecule has 0 aliphatic carbocycles. The molecule has 1 aromatic carbocycles. The summed E-state index contributed by atoms with van der Waals surface area (Å²) in [5.41, 5.74) is 1.60. The van der Waals surface area contributed by atoms with Crippen LogP contribution >= 0.6 is 23.4 Å². The highest BCUT2D eigenvalue weighted by Crippen LogP contribution is 2.38. The van der Waals surface area contributed by atoms with Gasteiger partial charge in [0.2, 0.25) is 11.8 Å². The largest absolute Gasteiger partial charge is 0.485 e. The fraction of sp³-hybridized carbons (Fsp3) is 0.143. The van der Waals surface area contributed by atoms with Crippen LogP contribution in [0.4, 0.5) is 11.5 Å². The molecule has 0 fully saturated rings. The van der Waals surface area contributed by atoms with Crippen LogP contribution in [0.2, 0.25) is 5.02 Å². The third kappa shape index (κ3) is 4.90. The van der Waals surface area contributed by atoms with Crippen LogP contribution in [0.25, 0.3) is 0 Å². The maximum Gasteiger partial charge on any atom is 0.238 e. The predicted molar refractivity (Wildman–Crippen MR) is 116 cm³/mol. The van der Waals surface area contributed by atoms with Crippen LogP contribution in [0.1, 0.15) is 12.0 Å². The predicted octanol–water partition coefficient (Wildman–Crippen LogP) is 4.15. The molecule has 0 bridgehead atoms. The molecule has 30 heavy (non-hydrogen) atoms. The summed E-state index contributed by atoms with van der Waals surface area (Å²) < 4.78 is 5.79. The number of carbonyl (C=O) groups is 2. The van der Waals surface area contributed by atoms with Gasteiger partial charge in [0.25, 0.3) is 0 Å². The Labute approximate surface area is 182 Å². The van der Waals surface area contributed by atoms with E-state index in [9.17, 15) is 9.59 Å². The van der Waals surface area contributed by atoms with Gasteiger partial charge in [-0.3, -0.25) is 14.6 Å². The molecular weight excluding hydrogens is 424 g/mol. The van der Waals surface area contributed by atoms with Crippen LogP contribution in [0.5, 0.6) is 5.75 Å². The minimum absolute atomic E-state index is 0.00106. The average molecular weight is 441 g/mol. The summed E-state index contributed by atoms with van der Waals surface area (Å²) >= 11 is 7.30. The molecule has 2 amide bonds. The third-order valence-electron chi connectivity index (χ3n) is 4.30. The first-order valence-electron chi connectivity index (χ1n) is 9.12. The van der Waals surface area contributed by atoms with Crippen LogP contribution in [-0.2, 0) is 16.2 Å². The number of pyridine rings is 2. The molecule has 1 aliphatic rings. The van der Waals surface area contributed by atoms with E-state index in [0.29, 0.717) is 28.9 Å². The maximum absolute atomic E-state index is 12.6. The van der Waals surface area contributed by atoms with Crippen molar-refractivity contribution in [3.63, 3.8) is 0 Å². The van der Waals surface area contributed by atoms with Gasteiger partial charge in [-0.1, -0.05) is 11.6 Å². The van der Waals surface area contributed by atoms with Crippen molar-refractivity contribution in [2.75, 3.05) is 10.6 Å². The van der Waals surface area contributed by atoms with E-state index in [-0.39, 0.29) is 18.2 Å². The molecule has 3 aromatic rings. The Morgan fingerprint density at radius 3 is 2.87 bits per heavy atom. The molecule has 3 heterocycles. The van der Waals surface area contributed by atoms with E-state index in [1.54, 1.807) is 42.9 Å². The summed E-state index contributed by atoms with van der Waals surface area (Å²) in [5, 5.41) is 5.54. The van der Waals surface area contributed by atoms with Gasteiger partial charge < -0.3 is 15.4 Å². The highest BCUT2D eigenvalue weighted by atomic mass is 35.5. The molecule has 7 nitrogen and oxygen atoms in total. The first-order valence-corrected chi connectivity index (χ1v) is 10.4. The summed E-state index contributed by atoms with van der Waals surface area (Å²) in [6.07, 6.45) is 4.93. The molecule has 2 N–H and O–H groups in total. The lowest BCUT2D eigenvalue weighted by Gasteiger charge is -2.23. The molecule has 0 saturated heterocycles. The van der Waals surface area contributed by atoms with E-state index in [4.69, 9.17) is 16.3 Å². The van der Waals surface area contributed by atoms with Gasteiger partial charge in [0.1, 0.15) is 6.61 Å². The fourth-order valence-electron chi connectivity index (χ4n) is 2.85.